The normalized spacial score (nSPS) is 15.4. The Hall–Kier alpha value is -2.73. The zero-order valence-electron chi connectivity index (χ0n) is 14.2. The van der Waals surface area contributed by atoms with Crippen molar-refractivity contribution >= 4 is 5.82 Å². The van der Waals surface area contributed by atoms with E-state index in [9.17, 15) is 0 Å². The molecule has 2 aromatic heterocycles. The molecule has 6 heteroatoms. The summed E-state index contributed by atoms with van der Waals surface area (Å²) in [6, 6.07) is 10.4. The van der Waals surface area contributed by atoms with Crippen molar-refractivity contribution in [3.05, 3.63) is 72.4 Å². The van der Waals surface area contributed by atoms with Gasteiger partial charge in [0.25, 0.3) is 0 Å². The summed E-state index contributed by atoms with van der Waals surface area (Å²) in [4.78, 5) is 13.3. The summed E-state index contributed by atoms with van der Waals surface area (Å²) in [5.74, 6) is 0.970. The first-order chi connectivity index (χ1) is 12.4. The van der Waals surface area contributed by atoms with Crippen LogP contribution in [0.5, 0.6) is 0 Å². The van der Waals surface area contributed by atoms with Gasteiger partial charge in [0.1, 0.15) is 5.82 Å². The van der Waals surface area contributed by atoms with Gasteiger partial charge in [-0.05, 0) is 5.56 Å². The molecule has 1 saturated heterocycles. The maximum atomic E-state index is 4.50. The minimum absolute atomic E-state index is 0.821. The number of anilines is 1. The molecule has 0 aliphatic carbocycles. The number of aromatic nitrogens is 4. The maximum absolute atomic E-state index is 4.50. The van der Waals surface area contributed by atoms with Crippen LogP contribution >= 0.6 is 0 Å². The van der Waals surface area contributed by atoms with Gasteiger partial charge in [-0.1, -0.05) is 30.3 Å². The first kappa shape index (κ1) is 15.8. The van der Waals surface area contributed by atoms with Crippen LogP contribution in [0.3, 0.4) is 0 Å². The Morgan fingerprint density at radius 1 is 0.840 bits per heavy atom. The fourth-order valence-electron chi connectivity index (χ4n) is 3.19. The number of hydrogen-bond donors (Lipinski definition) is 0. The molecule has 1 aliphatic rings. The van der Waals surface area contributed by atoms with Crippen molar-refractivity contribution in [3.8, 4) is 0 Å². The second kappa shape index (κ2) is 7.44. The van der Waals surface area contributed by atoms with Crippen molar-refractivity contribution in [1.29, 1.82) is 0 Å². The Morgan fingerprint density at radius 2 is 1.68 bits per heavy atom. The molecule has 25 heavy (non-hydrogen) atoms. The van der Waals surface area contributed by atoms with E-state index >= 15 is 0 Å². The number of rotatable bonds is 5. The maximum Gasteiger partial charge on any atom is 0.147 e. The molecule has 128 valence electrons. The van der Waals surface area contributed by atoms with Gasteiger partial charge in [0, 0.05) is 56.9 Å². The highest BCUT2D eigenvalue weighted by Crippen LogP contribution is 2.13. The van der Waals surface area contributed by atoms with Gasteiger partial charge in [-0.3, -0.25) is 14.6 Å². The lowest BCUT2D eigenvalue weighted by Gasteiger charge is -2.34. The summed E-state index contributed by atoms with van der Waals surface area (Å²) in [5.41, 5.74) is 2.54. The molecular weight excluding hydrogens is 312 g/mol. The van der Waals surface area contributed by atoms with Gasteiger partial charge >= 0.3 is 0 Å². The molecule has 0 unspecified atom stereocenters. The molecule has 1 aliphatic heterocycles. The number of piperazine rings is 1. The zero-order chi connectivity index (χ0) is 16.9. The largest absolute Gasteiger partial charge is 0.353 e. The lowest BCUT2D eigenvalue weighted by atomic mass is 10.2. The number of nitrogens with zero attached hydrogens (tertiary/aromatic N) is 6. The van der Waals surface area contributed by atoms with E-state index in [1.807, 2.05) is 23.1 Å². The molecule has 4 rings (SSSR count). The van der Waals surface area contributed by atoms with Crippen molar-refractivity contribution in [3.63, 3.8) is 0 Å². The Bertz CT molecular complexity index is 778. The molecule has 3 heterocycles. The van der Waals surface area contributed by atoms with Crippen LogP contribution in [0.4, 0.5) is 5.82 Å². The minimum Gasteiger partial charge on any atom is -0.353 e. The highest BCUT2D eigenvalue weighted by Gasteiger charge is 2.18. The van der Waals surface area contributed by atoms with E-state index in [4.69, 9.17) is 0 Å². The van der Waals surface area contributed by atoms with Crippen molar-refractivity contribution < 1.29 is 0 Å². The lowest BCUT2D eigenvalue weighted by Crippen LogP contribution is -2.46. The first-order valence-corrected chi connectivity index (χ1v) is 8.65. The van der Waals surface area contributed by atoms with Crippen LogP contribution in [0.25, 0.3) is 0 Å². The summed E-state index contributed by atoms with van der Waals surface area (Å²) < 4.78 is 2.01. The van der Waals surface area contributed by atoms with Crippen molar-refractivity contribution in [2.24, 2.45) is 0 Å². The van der Waals surface area contributed by atoms with Gasteiger partial charge in [-0.2, -0.15) is 5.10 Å². The Balaban J connectivity index is 1.30. The van der Waals surface area contributed by atoms with Gasteiger partial charge in [0.2, 0.25) is 0 Å². The van der Waals surface area contributed by atoms with Gasteiger partial charge in [-0.15, -0.1) is 0 Å². The fraction of sp³-hybridized carbons (Fsp3) is 0.316. The van der Waals surface area contributed by atoms with Crippen LogP contribution in [-0.4, -0.2) is 50.8 Å². The quantitative estimate of drug-likeness (QED) is 0.715. The second-order valence-corrected chi connectivity index (χ2v) is 6.36. The van der Waals surface area contributed by atoms with E-state index in [0.29, 0.717) is 0 Å². The average molecular weight is 334 g/mol. The average Bonchev–Trinajstić information content (AvgIpc) is 3.11. The van der Waals surface area contributed by atoms with E-state index in [1.54, 1.807) is 12.4 Å². The first-order valence-electron chi connectivity index (χ1n) is 8.65. The van der Waals surface area contributed by atoms with Crippen LogP contribution in [0, 0.1) is 0 Å². The molecule has 0 amide bonds. The van der Waals surface area contributed by atoms with Crippen LogP contribution in [-0.2, 0) is 13.1 Å². The third kappa shape index (κ3) is 4.03. The molecule has 6 nitrogen and oxygen atoms in total. The van der Waals surface area contributed by atoms with Gasteiger partial charge in [-0.25, -0.2) is 4.98 Å². The molecule has 1 aromatic carbocycles. The standard InChI is InChI=1S/C19H22N6/c1-2-4-17(5-3-1)15-25-16-18(12-22-25)14-23-8-10-24(11-9-23)19-13-20-6-7-21-19/h1-7,12-13,16H,8-11,14-15H2. The summed E-state index contributed by atoms with van der Waals surface area (Å²) >= 11 is 0. The minimum atomic E-state index is 0.821. The molecule has 0 radical (unpaired) electrons. The smallest absolute Gasteiger partial charge is 0.147 e. The third-order valence-corrected chi connectivity index (χ3v) is 4.53. The zero-order valence-corrected chi connectivity index (χ0v) is 14.2. The Morgan fingerprint density at radius 3 is 2.44 bits per heavy atom. The highest BCUT2D eigenvalue weighted by atomic mass is 15.3. The Labute approximate surface area is 147 Å². The molecule has 0 bridgehead atoms. The molecule has 0 spiro atoms. The lowest BCUT2D eigenvalue weighted by molar-refractivity contribution is 0.249. The molecule has 0 N–H and O–H groups in total. The summed E-state index contributed by atoms with van der Waals surface area (Å²) in [6.07, 6.45) is 9.44. The van der Waals surface area contributed by atoms with E-state index in [-0.39, 0.29) is 0 Å². The van der Waals surface area contributed by atoms with Crippen LogP contribution in [0.15, 0.2) is 61.3 Å². The topological polar surface area (TPSA) is 50.1 Å². The SMILES string of the molecule is c1ccc(Cn2cc(CN3CCN(c4cnccn4)CC3)cn2)cc1. The summed E-state index contributed by atoms with van der Waals surface area (Å²) in [7, 11) is 0. The fourth-order valence-corrected chi connectivity index (χ4v) is 3.19. The molecule has 1 fully saturated rings. The van der Waals surface area contributed by atoms with Crippen LogP contribution < -0.4 is 4.90 Å². The molecule has 0 saturated carbocycles. The van der Waals surface area contributed by atoms with E-state index in [1.165, 1.54) is 11.1 Å². The highest BCUT2D eigenvalue weighted by molar-refractivity contribution is 5.35. The number of benzene rings is 1. The third-order valence-electron chi connectivity index (χ3n) is 4.53. The van der Waals surface area contributed by atoms with E-state index < -0.39 is 0 Å². The van der Waals surface area contributed by atoms with Crippen molar-refractivity contribution in [2.45, 2.75) is 13.1 Å². The van der Waals surface area contributed by atoms with Gasteiger partial charge in [0.05, 0.1) is 18.9 Å². The predicted octanol–water partition coefficient (Wildman–Crippen LogP) is 2.04. The van der Waals surface area contributed by atoms with Crippen molar-refractivity contribution in [2.75, 3.05) is 31.1 Å². The van der Waals surface area contributed by atoms with Gasteiger partial charge in [0.15, 0.2) is 0 Å². The van der Waals surface area contributed by atoms with Gasteiger partial charge < -0.3 is 4.90 Å². The summed E-state index contributed by atoms with van der Waals surface area (Å²) in [6.45, 7) is 5.79. The molecular formula is C19H22N6. The Kier molecular flexibility index (Phi) is 4.70. The van der Waals surface area contributed by atoms with Crippen LogP contribution in [0.1, 0.15) is 11.1 Å². The van der Waals surface area contributed by atoms with Crippen molar-refractivity contribution in [1.82, 2.24) is 24.6 Å². The monoisotopic (exact) mass is 334 g/mol. The number of hydrogen-bond acceptors (Lipinski definition) is 5. The summed E-state index contributed by atoms with van der Waals surface area (Å²) in [5, 5.41) is 4.50. The predicted molar refractivity (Wildman–Crippen MR) is 97.3 cm³/mol. The van der Waals surface area contributed by atoms with Crippen LogP contribution in [0.2, 0.25) is 0 Å². The van der Waals surface area contributed by atoms with E-state index in [0.717, 1.165) is 45.1 Å². The van der Waals surface area contributed by atoms with E-state index in [2.05, 4.69) is 55.3 Å². The molecule has 3 aromatic rings. The molecule has 0 atom stereocenters. The second-order valence-electron chi connectivity index (χ2n) is 6.36.